The highest BCUT2D eigenvalue weighted by atomic mass is 35.5. The molecule has 0 saturated heterocycles. The lowest BCUT2D eigenvalue weighted by molar-refractivity contribution is -0.137. The number of anilines is 2. The first-order chi connectivity index (χ1) is 12.8. The molecule has 3 aromatic rings. The predicted octanol–water partition coefficient (Wildman–Crippen LogP) is 5.83. The van der Waals surface area contributed by atoms with Crippen molar-refractivity contribution in [1.82, 2.24) is 4.98 Å². The van der Waals surface area contributed by atoms with E-state index in [1.807, 2.05) is 0 Å². The first-order valence-electron chi connectivity index (χ1n) is 7.99. The largest absolute Gasteiger partial charge is 0.462 e. The zero-order valence-electron chi connectivity index (χ0n) is 14.1. The number of esters is 1. The summed E-state index contributed by atoms with van der Waals surface area (Å²) in [6.45, 7) is 1.76. The van der Waals surface area contributed by atoms with Crippen LogP contribution in [0.3, 0.4) is 0 Å². The second-order valence-electron chi connectivity index (χ2n) is 5.63. The Labute approximate surface area is 157 Å². The number of benzene rings is 2. The van der Waals surface area contributed by atoms with E-state index in [9.17, 15) is 18.0 Å². The van der Waals surface area contributed by atoms with E-state index in [1.165, 1.54) is 12.3 Å². The van der Waals surface area contributed by atoms with Gasteiger partial charge in [0.05, 0.1) is 23.4 Å². The number of ether oxygens (including phenoxy) is 1. The quantitative estimate of drug-likeness (QED) is 0.566. The Morgan fingerprint density at radius 3 is 2.67 bits per heavy atom. The van der Waals surface area contributed by atoms with Gasteiger partial charge in [-0.15, -0.1) is 0 Å². The van der Waals surface area contributed by atoms with Crippen LogP contribution in [0.4, 0.5) is 24.5 Å². The minimum absolute atomic E-state index is 0.0312. The van der Waals surface area contributed by atoms with Crippen LogP contribution < -0.4 is 5.32 Å². The zero-order valence-corrected chi connectivity index (χ0v) is 14.9. The lowest BCUT2D eigenvalue weighted by Gasteiger charge is -2.15. The number of halogens is 4. The number of pyridine rings is 1. The molecule has 0 radical (unpaired) electrons. The summed E-state index contributed by atoms with van der Waals surface area (Å²) in [4.78, 5) is 16.4. The molecule has 8 heteroatoms. The molecule has 0 spiro atoms. The van der Waals surface area contributed by atoms with Gasteiger partial charge in [0.2, 0.25) is 0 Å². The number of nitrogens with one attached hydrogen (secondary N) is 1. The minimum Gasteiger partial charge on any atom is -0.462 e. The van der Waals surface area contributed by atoms with Crippen LogP contribution in [0.1, 0.15) is 22.8 Å². The highest BCUT2D eigenvalue weighted by molar-refractivity contribution is 6.30. The Morgan fingerprint density at radius 2 is 2.00 bits per heavy atom. The summed E-state index contributed by atoms with van der Waals surface area (Å²) in [7, 11) is 0. The third-order valence-corrected chi connectivity index (χ3v) is 4.02. The van der Waals surface area contributed by atoms with Crippen molar-refractivity contribution in [1.29, 1.82) is 0 Å². The summed E-state index contributed by atoms with van der Waals surface area (Å²) in [6, 6.07) is 9.78. The molecular formula is C19H14ClF3N2O2. The maximum absolute atomic E-state index is 13.2. The second-order valence-corrected chi connectivity index (χ2v) is 6.07. The SMILES string of the molecule is CCOC(=O)c1cnc2ccc(C(F)(F)F)cc2c1Nc1cccc(Cl)c1. The number of carbonyl (C=O) groups is 1. The van der Waals surface area contributed by atoms with E-state index in [0.717, 1.165) is 12.1 Å². The van der Waals surface area contributed by atoms with Gasteiger partial charge in [-0.3, -0.25) is 4.98 Å². The van der Waals surface area contributed by atoms with Crippen molar-refractivity contribution in [2.45, 2.75) is 13.1 Å². The molecule has 0 saturated carbocycles. The maximum Gasteiger partial charge on any atom is 0.416 e. The number of alkyl halides is 3. The fraction of sp³-hybridized carbons (Fsp3) is 0.158. The number of carbonyl (C=O) groups excluding carboxylic acids is 1. The molecule has 27 heavy (non-hydrogen) atoms. The number of hydrogen-bond donors (Lipinski definition) is 1. The summed E-state index contributed by atoms with van der Waals surface area (Å²) in [6.07, 6.45) is -3.25. The van der Waals surface area contributed by atoms with E-state index in [4.69, 9.17) is 16.3 Å². The zero-order chi connectivity index (χ0) is 19.6. The van der Waals surface area contributed by atoms with Gasteiger partial charge in [0.1, 0.15) is 5.56 Å². The predicted molar refractivity (Wildman–Crippen MR) is 97.4 cm³/mol. The molecule has 0 aliphatic rings. The number of rotatable bonds is 4. The molecule has 3 rings (SSSR count). The molecule has 0 aliphatic heterocycles. The number of fused-ring (bicyclic) bond motifs is 1. The van der Waals surface area contributed by atoms with Gasteiger partial charge in [-0.25, -0.2) is 4.79 Å². The van der Waals surface area contributed by atoms with Gasteiger partial charge in [-0.05, 0) is 43.3 Å². The minimum atomic E-state index is -4.53. The molecule has 0 atom stereocenters. The van der Waals surface area contributed by atoms with Crippen LogP contribution in [0.5, 0.6) is 0 Å². The smallest absolute Gasteiger partial charge is 0.416 e. The molecule has 140 valence electrons. The van der Waals surface area contributed by atoms with Crippen LogP contribution in [-0.2, 0) is 10.9 Å². The summed E-state index contributed by atoms with van der Waals surface area (Å²) in [5.41, 5.74) is 0.181. The highest BCUT2D eigenvalue weighted by Gasteiger charge is 2.31. The fourth-order valence-corrected chi connectivity index (χ4v) is 2.77. The van der Waals surface area contributed by atoms with Crippen molar-refractivity contribution in [3.63, 3.8) is 0 Å². The molecule has 0 fully saturated rings. The Bertz CT molecular complexity index is 1010. The molecule has 0 aliphatic carbocycles. The maximum atomic E-state index is 13.2. The van der Waals surface area contributed by atoms with Gasteiger partial charge >= 0.3 is 12.1 Å². The third kappa shape index (κ3) is 4.14. The standard InChI is InChI=1S/C19H14ClF3N2O2/c1-2-27-18(26)15-10-24-16-7-6-11(19(21,22)23)8-14(16)17(15)25-13-5-3-4-12(20)9-13/h3-10H,2H2,1H3,(H,24,25). The van der Waals surface area contributed by atoms with Gasteiger partial charge in [0.15, 0.2) is 0 Å². The first kappa shape index (κ1) is 19.0. The number of nitrogens with zero attached hydrogens (tertiary/aromatic N) is 1. The molecular weight excluding hydrogens is 381 g/mol. The average Bonchev–Trinajstić information content (AvgIpc) is 2.61. The van der Waals surface area contributed by atoms with Gasteiger partial charge in [-0.2, -0.15) is 13.2 Å². The second kappa shape index (κ2) is 7.44. The lowest BCUT2D eigenvalue weighted by atomic mass is 10.1. The van der Waals surface area contributed by atoms with Crippen LogP contribution in [0.25, 0.3) is 10.9 Å². The van der Waals surface area contributed by atoms with E-state index in [0.29, 0.717) is 16.2 Å². The van der Waals surface area contributed by atoms with Crippen molar-refractivity contribution < 1.29 is 22.7 Å². The van der Waals surface area contributed by atoms with E-state index in [1.54, 1.807) is 31.2 Å². The van der Waals surface area contributed by atoms with Crippen molar-refractivity contribution in [2.24, 2.45) is 0 Å². The topological polar surface area (TPSA) is 51.2 Å². The van der Waals surface area contributed by atoms with Gasteiger partial charge in [0.25, 0.3) is 0 Å². The van der Waals surface area contributed by atoms with Gasteiger partial charge in [0, 0.05) is 22.3 Å². The molecule has 0 amide bonds. The van der Waals surface area contributed by atoms with Crippen molar-refractivity contribution in [3.8, 4) is 0 Å². The van der Waals surface area contributed by atoms with Crippen molar-refractivity contribution >= 4 is 39.8 Å². The molecule has 4 nitrogen and oxygen atoms in total. The van der Waals surface area contributed by atoms with Crippen LogP contribution in [0, 0.1) is 0 Å². The average molecular weight is 395 g/mol. The normalized spacial score (nSPS) is 11.4. The first-order valence-corrected chi connectivity index (χ1v) is 8.37. The highest BCUT2D eigenvalue weighted by Crippen LogP contribution is 2.36. The Balaban J connectivity index is 2.22. The van der Waals surface area contributed by atoms with Crippen LogP contribution in [-0.4, -0.2) is 17.6 Å². The van der Waals surface area contributed by atoms with Crippen molar-refractivity contribution in [3.05, 3.63) is 64.8 Å². The Hall–Kier alpha value is -2.80. The fourth-order valence-electron chi connectivity index (χ4n) is 2.58. The van der Waals surface area contributed by atoms with Gasteiger partial charge < -0.3 is 10.1 Å². The molecule has 0 unspecified atom stereocenters. The lowest BCUT2D eigenvalue weighted by Crippen LogP contribution is -2.10. The molecule has 1 N–H and O–H groups in total. The van der Waals surface area contributed by atoms with E-state index in [2.05, 4.69) is 10.3 Å². The molecule has 1 heterocycles. The van der Waals surface area contributed by atoms with Crippen LogP contribution in [0.15, 0.2) is 48.7 Å². The summed E-state index contributed by atoms with van der Waals surface area (Å²) < 4.78 is 44.5. The van der Waals surface area contributed by atoms with Crippen molar-refractivity contribution in [2.75, 3.05) is 11.9 Å². The summed E-state index contributed by atoms with van der Waals surface area (Å²) in [5, 5.41) is 3.57. The van der Waals surface area contributed by atoms with E-state index >= 15 is 0 Å². The Kier molecular flexibility index (Phi) is 5.23. The number of hydrogen-bond acceptors (Lipinski definition) is 4. The van der Waals surface area contributed by atoms with E-state index < -0.39 is 17.7 Å². The van der Waals surface area contributed by atoms with Gasteiger partial charge in [-0.1, -0.05) is 17.7 Å². The molecule has 1 aromatic heterocycles. The number of aromatic nitrogens is 1. The summed E-state index contributed by atoms with van der Waals surface area (Å²) in [5.74, 6) is -0.686. The molecule has 0 bridgehead atoms. The van der Waals surface area contributed by atoms with E-state index in [-0.39, 0.29) is 23.2 Å². The Morgan fingerprint density at radius 1 is 1.22 bits per heavy atom. The third-order valence-electron chi connectivity index (χ3n) is 3.78. The monoisotopic (exact) mass is 394 g/mol. The molecule has 2 aromatic carbocycles. The summed E-state index contributed by atoms with van der Waals surface area (Å²) >= 11 is 5.97. The van der Waals surface area contributed by atoms with Crippen LogP contribution in [0.2, 0.25) is 5.02 Å². The van der Waals surface area contributed by atoms with Crippen LogP contribution >= 0.6 is 11.6 Å².